The van der Waals surface area contributed by atoms with Crippen LogP contribution in [-0.2, 0) is 0 Å². The van der Waals surface area contributed by atoms with Gasteiger partial charge in [0, 0.05) is 10.0 Å². The number of rotatable bonds is 3. The number of halogens is 3. The molecule has 2 N–H and O–H groups in total. The number of ether oxygens (including phenoxy) is 1. The first-order valence-corrected chi connectivity index (χ1v) is 9.44. The third-order valence-electron chi connectivity index (χ3n) is 3.26. The standard InChI is InChI=1S/C16H10Cl3N3O2S2/c1-24-13-9(4-8(18)5-10(13)19)14(23)21-15(25)22-16-20-11-3-2-7(17)6-12(11)26-16/h2-6H,1H3,(H2,20,21,22,23,25). The number of thiazole rings is 1. The first-order valence-electron chi connectivity index (χ1n) is 7.09. The molecule has 5 nitrogen and oxygen atoms in total. The Morgan fingerprint density at radius 3 is 2.69 bits per heavy atom. The second kappa shape index (κ2) is 7.94. The van der Waals surface area contributed by atoms with Crippen molar-refractivity contribution in [3.8, 4) is 5.75 Å². The molecule has 10 heteroatoms. The minimum atomic E-state index is -0.507. The third kappa shape index (κ3) is 4.19. The number of carbonyl (C=O) groups excluding carboxylic acids is 1. The van der Waals surface area contributed by atoms with Crippen LogP contribution in [-0.4, -0.2) is 23.1 Å². The molecule has 3 rings (SSSR count). The van der Waals surface area contributed by atoms with Gasteiger partial charge in [0.15, 0.2) is 10.2 Å². The van der Waals surface area contributed by atoms with Crippen molar-refractivity contribution >= 4 is 84.7 Å². The van der Waals surface area contributed by atoms with Crippen LogP contribution in [0, 0.1) is 0 Å². The molecular weight excluding hydrogens is 437 g/mol. The number of thiocarbonyl (C=S) groups is 1. The molecule has 0 bridgehead atoms. The summed E-state index contributed by atoms with van der Waals surface area (Å²) in [5.74, 6) is -0.293. The zero-order chi connectivity index (χ0) is 18.8. The molecule has 0 saturated heterocycles. The highest BCUT2D eigenvalue weighted by Gasteiger charge is 2.18. The van der Waals surface area contributed by atoms with Crippen molar-refractivity contribution in [3.63, 3.8) is 0 Å². The Balaban J connectivity index is 1.76. The van der Waals surface area contributed by atoms with Crippen LogP contribution in [0.2, 0.25) is 15.1 Å². The lowest BCUT2D eigenvalue weighted by molar-refractivity contribution is 0.0975. The van der Waals surface area contributed by atoms with Gasteiger partial charge in [0.25, 0.3) is 5.91 Å². The Morgan fingerprint density at radius 1 is 1.19 bits per heavy atom. The average molecular weight is 447 g/mol. The molecule has 26 heavy (non-hydrogen) atoms. The second-order valence-electron chi connectivity index (χ2n) is 5.01. The smallest absolute Gasteiger partial charge is 0.261 e. The van der Waals surface area contributed by atoms with E-state index in [1.54, 1.807) is 18.2 Å². The molecule has 0 spiro atoms. The Bertz CT molecular complexity index is 1020. The number of fused-ring (bicyclic) bond motifs is 1. The van der Waals surface area contributed by atoms with Gasteiger partial charge in [-0.3, -0.25) is 10.1 Å². The van der Waals surface area contributed by atoms with E-state index >= 15 is 0 Å². The number of amides is 1. The highest BCUT2D eigenvalue weighted by Crippen LogP contribution is 2.32. The van der Waals surface area contributed by atoms with E-state index in [4.69, 9.17) is 51.8 Å². The summed E-state index contributed by atoms with van der Waals surface area (Å²) in [7, 11) is 1.41. The van der Waals surface area contributed by atoms with Gasteiger partial charge in [-0.15, -0.1) is 0 Å². The molecule has 0 fully saturated rings. The van der Waals surface area contributed by atoms with Crippen LogP contribution in [0.25, 0.3) is 10.2 Å². The molecule has 0 aliphatic heterocycles. The van der Waals surface area contributed by atoms with Crippen LogP contribution < -0.4 is 15.4 Å². The molecule has 1 aromatic heterocycles. The predicted molar refractivity (Wildman–Crippen MR) is 111 cm³/mol. The number of methoxy groups -OCH3 is 1. The van der Waals surface area contributed by atoms with E-state index in [9.17, 15) is 4.79 Å². The van der Waals surface area contributed by atoms with Gasteiger partial charge in [-0.2, -0.15) is 0 Å². The van der Waals surface area contributed by atoms with Crippen LogP contribution in [0.5, 0.6) is 5.75 Å². The van der Waals surface area contributed by atoms with Crippen molar-refractivity contribution in [1.82, 2.24) is 10.3 Å². The summed E-state index contributed by atoms with van der Waals surface area (Å²) in [6.07, 6.45) is 0. The largest absolute Gasteiger partial charge is 0.494 e. The Morgan fingerprint density at radius 2 is 1.96 bits per heavy atom. The number of anilines is 1. The van der Waals surface area contributed by atoms with Gasteiger partial charge in [0.2, 0.25) is 0 Å². The molecule has 0 radical (unpaired) electrons. The van der Waals surface area contributed by atoms with E-state index in [2.05, 4.69) is 15.6 Å². The molecule has 0 aliphatic carbocycles. The molecule has 134 valence electrons. The Kier molecular flexibility index (Phi) is 5.84. The lowest BCUT2D eigenvalue weighted by Gasteiger charge is -2.12. The van der Waals surface area contributed by atoms with E-state index in [1.807, 2.05) is 0 Å². The summed E-state index contributed by atoms with van der Waals surface area (Å²) in [6.45, 7) is 0. The first kappa shape index (κ1) is 19.1. The summed E-state index contributed by atoms with van der Waals surface area (Å²) in [6, 6.07) is 8.30. The van der Waals surface area contributed by atoms with Gasteiger partial charge in [0.1, 0.15) is 5.75 Å². The van der Waals surface area contributed by atoms with Crippen LogP contribution in [0.3, 0.4) is 0 Å². The highest BCUT2D eigenvalue weighted by atomic mass is 35.5. The zero-order valence-electron chi connectivity index (χ0n) is 13.1. The maximum atomic E-state index is 12.5. The second-order valence-corrected chi connectivity index (χ2v) is 7.73. The average Bonchev–Trinajstić information content (AvgIpc) is 2.95. The fourth-order valence-corrected chi connectivity index (χ4v) is 4.16. The topological polar surface area (TPSA) is 63.2 Å². The van der Waals surface area contributed by atoms with Crippen molar-refractivity contribution < 1.29 is 9.53 Å². The number of nitrogens with zero attached hydrogens (tertiary/aromatic N) is 1. The SMILES string of the molecule is COc1c(Cl)cc(Cl)cc1C(=O)NC(=S)Nc1nc2ccc(Cl)cc2s1. The van der Waals surface area contributed by atoms with Crippen molar-refractivity contribution in [2.45, 2.75) is 0 Å². The summed E-state index contributed by atoms with van der Waals surface area (Å²) in [4.78, 5) is 16.9. The van der Waals surface area contributed by atoms with Crippen LogP contribution in [0.1, 0.15) is 10.4 Å². The van der Waals surface area contributed by atoms with Gasteiger partial charge in [-0.05, 0) is 42.5 Å². The van der Waals surface area contributed by atoms with Crippen molar-refractivity contribution in [1.29, 1.82) is 0 Å². The first-order chi connectivity index (χ1) is 12.4. The molecular formula is C16H10Cl3N3O2S2. The van der Waals surface area contributed by atoms with Gasteiger partial charge in [-0.25, -0.2) is 4.98 Å². The van der Waals surface area contributed by atoms with Crippen LogP contribution in [0.15, 0.2) is 30.3 Å². The number of hydrogen-bond donors (Lipinski definition) is 2. The Labute approximate surface area is 173 Å². The summed E-state index contributed by atoms with van der Waals surface area (Å²) in [5.41, 5.74) is 0.949. The molecule has 0 unspecified atom stereocenters. The van der Waals surface area contributed by atoms with Gasteiger partial charge >= 0.3 is 0 Å². The van der Waals surface area contributed by atoms with Crippen molar-refractivity contribution in [3.05, 3.63) is 51.0 Å². The summed E-state index contributed by atoms with van der Waals surface area (Å²) < 4.78 is 6.07. The van der Waals surface area contributed by atoms with E-state index in [0.717, 1.165) is 10.2 Å². The van der Waals surface area contributed by atoms with Gasteiger partial charge in [0.05, 0.1) is 27.9 Å². The zero-order valence-corrected chi connectivity index (χ0v) is 17.0. The monoisotopic (exact) mass is 445 g/mol. The molecule has 1 amide bonds. The lowest BCUT2D eigenvalue weighted by Crippen LogP contribution is -2.34. The number of nitrogens with one attached hydrogen (secondary N) is 2. The molecule has 0 saturated carbocycles. The normalized spacial score (nSPS) is 10.6. The summed E-state index contributed by atoms with van der Waals surface area (Å²) in [5, 5.41) is 7.20. The molecule has 3 aromatic rings. The van der Waals surface area contributed by atoms with Crippen molar-refractivity contribution in [2.24, 2.45) is 0 Å². The van der Waals surface area contributed by atoms with Gasteiger partial charge < -0.3 is 10.1 Å². The number of benzene rings is 2. The van der Waals surface area contributed by atoms with E-state index in [1.165, 1.54) is 30.6 Å². The Hall–Kier alpha value is -1.64. The lowest BCUT2D eigenvalue weighted by atomic mass is 10.2. The fraction of sp³-hybridized carbons (Fsp3) is 0.0625. The number of carbonyl (C=O) groups is 1. The maximum absolute atomic E-state index is 12.5. The van der Waals surface area contributed by atoms with E-state index in [0.29, 0.717) is 15.2 Å². The fourth-order valence-electron chi connectivity index (χ4n) is 2.19. The maximum Gasteiger partial charge on any atom is 0.261 e. The van der Waals surface area contributed by atoms with E-state index < -0.39 is 5.91 Å². The third-order valence-corrected chi connectivity index (χ3v) is 5.13. The van der Waals surface area contributed by atoms with E-state index in [-0.39, 0.29) is 21.4 Å². The molecule has 0 aliphatic rings. The highest BCUT2D eigenvalue weighted by molar-refractivity contribution is 7.80. The summed E-state index contributed by atoms with van der Waals surface area (Å²) >= 11 is 24.5. The minimum Gasteiger partial charge on any atom is -0.494 e. The molecule has 0 atom stereocenters. The predicted octanol–water partition coefficient (Wildman–Crippen LogP) is 5.39. The van der Waals surface area contributed by atoms with Crippen LogP contribution in [0.4, 0.5) is 5.13 Å². The quantitative estimate of drug-likeness (QED) is 0.528. The number of hydrogen-bond acceptors (Lipinski definition) is 5. The minimum absolute atomic E-state index is 0.0818. The number of aromatic nitrogens is 1. The molecule has 1 heterocycles. The van der Waals surface area contributed by atoms with Crippen molar-refractivity contribution in [2.75, 3.05) is 12.4 Å². The van der Waals surface area contributed by atoms with Crippen LogP contribution >= 0.6 is 58.4 Å². The van der Waals surface area contributed by atoms with Gasteiger partial charge in [-0.1, -0.05) is 46.1 Å². The molecule has 2 aromatic carbocycles.